The van der Waals surface area contributed by atoms with Crippen molar-refractivity contribution in [1.82, 2.24) is 10.6 Å². The molecule has 1 unspecified atom stereocenters. The lowest BCUT2D eigenvalue weighted by Crippen LogP contribution is -2.30. The van der Waals surface area contributed by atoms with Gasteiger partial charge in [-0.1, -0.05) is 12.1 Å². The van der Waals surface area contributed by atoms with Crippen LogP contribution in [0.1, 0.15) is 36.5 Å². The number of fused-ring (bicyclic) bond motifs is 1. The number of benzene rings is 2. The zero-order valence-corrected chi connectivity index (χ0v) is 13.7. The van der Waals surface area contributed by atoms with Crippen molar-refractivity contribution in [2.24, 2.45) is 0 Å². The molecule has 2 aromatic rings. The molecule has 1 atom stereocenters. The molecule has 0 saturated carbocycles. The first kappa shape index (κ1) is 15.8. The van der Waals surface area contributed by atoms with E-state index in [-0.39, 0.29) is 5.91 Å². The summed E-state index contributed by atoms with van der Waals surface area (Å²) in [5, 5.41) is 12.0. The maximum absolute atomic E-state index is 12.3. The van der Waals surface area contributed by atoms with Gasteiger partial charge in [-0.2, -0.15) is 0 Å². The molecule has 4 nitrogen and oxygen atoms in total. The van der Waals surface area contributed by atoms with Crippen molar-refractivity contribution >= 4 is 22.4 Å². The average molecular weight is 311 g/mol. The van der Waals surface area contributed by atoms with Gasteiger partial charge in [0.1, 0.15) is 0 Å². The third kappa shape index (κ3) is 4.02. The van der Waals surface area contributed by atoms with Crippen molar-refractivity contribution in [3.8, 4) is 0 Å². The third-order valence-corrected chi connectivity index (χ3v) is 4.42. The first-order chi connectivity index (χ1) is 11.3. The molecule has 0 spiro atoms. The van der Waals surface area contributed by atoms with Crippen molar-refractivity contribution in [3.63, 3.8) is 0 Å². The first-order valence-electron chi connectivity index (χ1n) is 8.55. The molecule has 23 heavy (non-hydrogen) atoms. The van der Waals surface area contributed by atoms with E-state index in [9.17, 15) is 4.79 Å². The Bertz CT molecular complexity index is 677. The minimum atomic E-state index is 0.0145. The fourth-order valence-corrected chi connectivity index (χ4v) is 3.17. The molecule has 1 fully saturated rings. The number of rotatable bonds is 6. The lowest BCUT2D eigenvalue weighted by atomic mass is 10.1. The van der Waals surface area contributed by atoms with Gasteiger partial charge < -0.3 is 16.0 Å². The molecule has 1 aliphatic heterocycles. The molecule has 2 aromatic carbocycles. The summed E-state index contributed by atoms with van der Waals surface area (Å²) in [4.78, 5) is 12.3. The number of carbonyl (C=O) groups is 1. The molecule has 0 aliphatic carbocycles. The van der Waals surface area contributed by atoms with Crippen LogP contribution in [0.4, 0.5) is 5.69 Å². The van der Waals surface area contributed by atoms with Crippen molar-refractivity contribution in [1.29, 1.82) is 0 Å². The van der Waals surface area contributed by atoms with Crippen LogP contribution in [0, 0.1) is 0 Å². The Morgan fingerprint density at radius 2 is 2.04 bits per heavy atom. The predicted molar refractivity (Wildman–Crippen MR) is 96.1 cm³/mol. The van der Waals surface area contributed by atoms with Crippen molar-refractivity contribution in [3.05, 3.63) is 42.0 Å². The molecule has 0 radical (unpaired) electrons. The van der Waals surface area contributed by atoms with Crippen LogP contribution in [-0.2, 0) is 0 Å². The van der Waals surface area contributed by atoms with Crippen LogP contribution in [0.25, 0.3) is 10.8 Å². The molecule has 1 heterocycles. The molecule has 4 heteroatoms. The summed E-state index contributed by atoms with van der Waals surface area (Å²) in [5.74, 6) is 0.0145. The van der Waals surface area contributed by atoms with E-state index >= 15 is 0 Å². The number of anilines is 1. The van der Waals surface area contributed by atoms with E-state index in [1.54, 1.807) is 0 Å². The van der Waals surface area contributed by atoms with Crippen molar-refractivity contribution in [2.75, 3.05) is 25.0 Å². The summed E-state index contributed by atoms with van der Waals surface area (Å²) in [7, 11) is 0. The molecule has 122 valence electrons. The Labute approximate surface area is 137 Å². The largest absolute Gasteiger partial charge is 0.385 e. The molecule has 0 bridgehead atoms. The Kier molecular flexibility index (Phi) is 5.13. The second-order valence-corrected chi connectivity index (χ2v) is 6.14. The van der Waals surface area contributed by atoms with Gasteiger partial charge in [0.25, 0.3) is 5.91 Å². The van der Waals surface area contributed by atoms with E-state index in [1.165, 1.54) is 12.8 Å². The van der Waals surface area contributed by atoms with Gasteiger partial charge in [0, 0.05) is 30.4 Å². The van der Waals surface area contributed by atoms with Crippen LogP contribution in [0.15, 0.2) is 36.4 Å². The van der Waals surface area contributed by atoms with Gasteiger partial charge in [-0.25, -0.2) is 0 Å². The highest BCUT2D eigenvalue weighted by atomic mass is 16.1. The fraction of sp³-hybridized carbons (Fsp3) is 0.421. The van der Waals surface area contributed by atoms with Gasteiger partial charge in [0.2, 0.25) is 0 Å². The first-order valence-corrected chi connectivity index (χ1v) is 8.55. The van der Waals surface area contributed by atoms with Gasteiger partial charge in [-0.05, 0) is 67.8 Å². The number of nitrogens with one attached hydrogen (secondary N) is 3. The van der Waals surface area contributed by atoms with Crippen molar-refractivity contribution < 1.29 is 4.79 Å². The maximum atomic E-state index is 12.3. The SMILES string of the molecule is CCNc1ccc2cc(C(=O)NCCC3CCCN3)ccc2c1. The lowest BCUT2D eigenvalue weighted by molar-refractivity contribution is 0.0952. The smallest absolute Gasteiger partial charge is 0.251 e. The van der Waals surface area contributed by atoms with Crippen LogP contribution in [0.3, 0.4) is 0 Å². The average Bonchev–Trinajstić information content (AvgIpc) is 3.08. The zero-order chi connectivity index (χ0) is 16.1. The third-order valence-electron chi connectivity index (χ3n) is 4.42. The Morgan fingerprint density at radius 1 is 1.22 bits per heavy atom. The second-order valence-electron chi connectivity index (χ2n) is 6.14. The molecule has 1 amide bonds. The summed E-state index contributed by atoms with van der Waals surface area (Å²) in [5.41, 5.74) is 1.84. The van der Waals surface area contributed by atoms with E-state index in [2.05, 4.69) is 41.1 Å². The summed E-state index contributed by atoms with van der Waals surface area (Å²) >= 11 is 0. The topological polar surface area (TPSA) is 53.2 Å². The van der Waals surface area contributed by atoms with E-state index < -0.39 is 0 Å². The van der Waals surface area contributed by atoms with E-state index in [0.717, 1.165) is 48.1 Å². The van der Waals surface area contributed by atoms with Gasteiger partial charge in [-0.3, -0.25) is 4.79 Å². The van der Waals surface area contributed by atoms with Crippen LogP contribution >= 0.6 is 0 Å². The Morgan fingerprint density at radius 3 is 2.83 bits per heavy atom. The summed E-state index contributed by atoms with van der Waals surface area (Å²) < 4.78 is 0. The molecule has 3 rings (SSSR count). The fourth-order valence-electron chi connectivity index (χ4n) is 3.17. The van der Waals surface area contributed by atoms with Crippen LogP contribution in [-0.4, -0.2) is 31.6 Å². The highest BCUT2D eigenvalue weighted by Crippen LogP contribution is 2.20. The minimum absolute atomic E-state index is 0.0145. The van der Waals surface area contributed by atoms with Crippen LogP contribution < -0.4 is 16.0 Å². The number of hydrogen-bond donors (Lipinski definition) is 3. The molecular formula is C19H25N3O. The Hall–Kier alpha value is -2.07. The van der Waals surface area contributed by atoms with Crippen LogP contribution in [0.2, 0.25) is 0 Å². The highest BCUT2D eigenvalue weighted by molar-refractivity contribution is 5.99. The monoisotopic (exact) mass is 311 g/mol. The molecule has 0 aromatic heterocycles. The summed E-state index contributed by atoms with van der Waals surface area (Å²) in [6, 6.07) is 12.7. The highest BCUT2D eigenvalue weighted by Gasteiger charge is 2.14. The van der Waals surface area contributed by atoms with Gasteiger partial charge in [-0.15, -0.1) is 0 Å². The standard InChI is InChI=1S/C19H25N3O/c1-2-20-18-8-7-14-12-16(6-5-15(14)13-18)19(23)22-11-9-17-4-3-10-21-17/h5-8,12-13,17,20-21H,2-4,9-11H2,1H3,(H,22,23). The summed E-state index contributed by atoms with van der Waals surface area (Å²) in [6.07, 6.45) is 3.48. The zero-order valence-electron chi connectivity index (χ0n) is 13.7. The van der Waals surface area contributed by atoms with E-state index in [1.807, 2.05) is 18.2 Å². The van der Waals surface area contributed by atoms with Gasteiger partial charge in [0.15, 0.2) is 0 Å². The quantitative estimate of drug-likeness (QED) is 0.768. The van der Waals surface area contributed by atoms with E-state index in [0.29, 0.717) is 6.04 Å². The molecule has 3 N–H and O–H groups in total. The second kappa shape index (κ2) is 7.47. The van der Waals surface area contributed by atoms with Crippen LogP contribution in [0.5, 0.6) is 0 Å². The van der Waals surface area contributed by atoms with Gasteiger partial charge in [0.05, 0.1) is 0 Å². The molecule has 1 saturated heterocycles. The van der Waals surface area contributed by atoms with Gasteiger partial charge >= 0.3 is 0 Å². The predicted octanol–water partition coefficient (Wildman–Crippen LogP) is 3.14. The number of hydrogen-bond acceptors (Lipinski definition) is 3. The number of amides is 1. The minimum Gasteiger partial charge on any atom is -0.385 e. The maximum Gasteiger partial charge on any atom is 0.251 e. The Balaban J connectivity index is 1.62. The lowest BCUT2D eigenvalue weighted by Gasteiger charge is -2.11. The number of carbonyl (C=O) groups excluding carboxylic acids is 1. The normalized spacial score (nSPS) is 17.3. The molecular weight excluding hydrogens is 286 g/mol. The summed E-state index contributed by atoms with van der Waals surface area (Å²) in [6.45, 7) is 4.83. The van der Waals surface area contributed by atoms with E-state index in [4.69, 9.17) is 0 Å². The van der Waals surface area contributed by atoms with Crippen molar-refractivity contribution in [2.45, 2.75) is 32.2 Å². The molecule has 1 aliphatic rings.